The van der Waals surface area contributed by atoms with E-state index in [1.807, 2.05) is 27.7 Å². The van der Waals surface area contributed by atoms with E-state index in [9.17, 15) is 9.59 Å². The van der Waals surface area contributed by atoms with Gasteiger partial charge in [-0.25, -0.2) is 4.79 Å². The van der Waals surface area contributed by atoms with Gasteiger partial charge in [0, 0.05) is 0 Å². The van der Waals surface area contributed by atoms with Crippen LogP contribution in [0, 0.1) is 0 Å². The summed E-state index contributed by atoms with van der Waals surface area (Å²) in [7, 11) is 0. The number of carboxylic acids is 1. The summed E-state index contributed by atoms with van der Waals surface area (Å²) >= 11 is 0. The van der Waals surface area contributed by atoms with Crippen LogP contribution in [0.4, 0.5) is 0 Å². The highest BCUT2D eigenvalue weighted by atomic mass is 16.5. The third kappa shape index (κ3) is 3.43. The van der Waals surface area contributed by atoms with Crippen molar-refractivity contribution >= 4 is 11.9 Å². The Bertz CT molecular complexity index is 335. The molecule has 0 aromatic rings. The summed E-state index contributed by atoms with van der Waals surface area (Å²) in [6.45, 7) is 8.72. The molecule has 0 aromatic carbocycles. The van der Waals surface area contributed by atoms with Crippen LogP contribution in [0.15, 0.2) is 0 Å². The van der Waals surface area contributed by atoms with Crippen molar-refractivity contribution in [2.75, 3.05) is 26.2 Å². The van der Waals surface area contributed by atoms with Crippen molar-refractivity contribution in [3.8, 4) is 0 Å². The number of amides is 1. The highest BCUT2D eigenvalue weighted by Crippen LogP contribution is 2.26. The van der Waals surface area contributed by atoms with E-state index in [1.54, 1.807) is 4.90 Å². The van der Waals surface area contributed by atoms with Gasteiger partial charge >= 0.3 is 5.97 Å². The fourth-order valence-corrected chi connectivity index (χ4v) is 2.14. The van der Waals surface area contributed by atoms with Crippen LogP contribution in [0.2, 0.25) is 0 Å². The average molecular weight is 258 g/mol. The van der Waals surface area contributed by atoms with Crippen molar-refractivity contribution in [2.45, 2.75) is 38.8 Å². The topological polar surface area (TPSA) is 78.9 Å². The predicted octanol–water partition coefficient (Wildman–Crippen LogP) is 0.0766. The number of ether oxygens (including phenoxy) is 1. The summed E-state index contributed by atoms with van der Waals surface area (Å²) in [5.74, 6) is -0.977. The molecule has 0 spiro atoms. The minimum absolute atomic E-state index is 0.0146. The maximum atomic E-state index is 12.2. The molecule has 1 heterocycles. The van der Waals surface area contributed by atoms with Crippen LogP contribution in [0.5, 0.6) is 0 Å². The van der Waals surface area contributed by atoms with Gasteiger partial charge in [0.15, 0.2) is 0 Å². The number of likely N-dealkylation sites (N-methyl/N-ethyl adjacent to an activating group) is 1. The second kappa shape index (κ2) is 5.24. The predicted molar refractivity (Wildman–Crippen MR) is 66.3 cm³/mol. The number of carbonyl (C=O) groups excluding carboxylic acids is 1. The molecule has 0 radical (unpaired) electrons. The number of aliphatic carboxylic acids is 1. The molecule has 0 unspecified atom stereocenters. The SMILES string of the molecule is CCNC(C)(C)C(=O)N1CC(C)(OCC(=O)O)C1. The van der Waals surface area contributed by atoms with E-state index in [0.717, 1.165) is 6.54 Å². The van der Waals surface area contributed by atoms with Gasteiger partial charge in [-0.05, 0) is 27.3 Å². The van der Waals surface area contributed by atoms with Crippen LogP contribution in [0.1, 0.15) is 27.7 Å². The zero-order valence-corrected chi connectivity index (χ0v) is 11.4. The first kappa shape index (κ1) is 14.9. The van der Waals surface area contributed by atoms with Gasteiger partial charge in [-0.1, -0.05) is 6.92 Å². The van der Waals surface area contributed by atoms with E-state index < -0.39 is 17.1 Å². The summed E-state index contributed by atoms with van der Waals surface area (Å²) < 4.78 is 5.27. The van der Waals surface area contributed by atoms with Crippen LogP contribution < -0.4 is 5.32 Å². The molecule has 1 amide bonds. The van der Waals surface area contributed by atoms with Gasteiger partial charge in [0.05, 0.1) is 18.6 Å². The minimum atomic E-state index is -0.992. The summed E-state index contributed by atoms with van der Waals surface area (Å²) in [5.41, 5.74) is -1.13. The highest BCUT2D eigenvalue weighted by molar-refractivity contribution is 5.86. The molecule has 0 bridgehead atoms. The van der Waals surface area contributed by atoms with Crippen LogP contribution in [0.3, 0.4) is 0 Å². The first-order valence-corrected chi connectivity index (χ1v) is 6.10. The second-order valence-electron chi connectivity index (χ2n) is 5.45. The Morgan fingerprint density at radius 1 is 1.44 bits per heavy atom. The standard InChI is InChI=1S/C12H22N2O4/c1-5-13-11(2,3)10(17)14-7-12(4,8-14)18-6-9(15)16/h13H,5-8H2,1-4H3,(H,15,16). The van der Waals surface area contributed by atoms with Crippen LogP contribution in [-0.4, -0.2) is 59.3 Å². The van der Waals surface area contributed by atoms with Gasteiger partial charge in [0.2, 0.25) is 5.91 Å². The zero-order chi connectivity index (χ0) is 14.0. The molecule has 18 heavy (non-hydrogen) atoms. The van der Waals surface area contributed by atoms with Gasteiger partial charge in [0.25, 0.3) is 0 Å². The number of nitrogens with zero attached hydrogens (tertiary/aromatic N) is 1. The number of hydrogen-bond donors (Lipinski definition) is 2. The summed E-state index contributed by atoms with van der Waals surface area (Å²) in [5, 5.41) is 11.7. The Labute approximate surface area is 107 Å². The largest absolute Gasteiger partial charge is 0.480 e. The molecule has 1 aliphatic rings. The second-order valence-corrected chi connectivity index (χ2v) is 5.45. The lowest BCUT2D eigenvalue weighted by Crippen LogP contribution is -2.68. The Balaban J connectivity index is 2.46. The lowest BCUT2D eigenvalue weighted by molar-refractivity contribution is -0.176. The third-order valence-electron chi connectivity index (χ3n) is 3.04. The van der Waals surface area contributed by atoms with E-state index in [0.29, 0.717) is 13.1 Å². The van der Waals surface area contributed by atoms with Gasteiger partial charge in [-0.2, -0.15) is 0 Å². The smallest absolute Gasteiger partial charge is 0.329 e. The first-order chi connectivity index (χ1) is 8.20. The average Bonchev–Trinajstić information content (AvgIpc) is 2.21. The Kier molecular flexibility index (Phi) is 4.34. The van der Waals surface area contributed by atoms with E-state index in [2.05, 4.69) is 5.32 Å². The Hall–Kier alpha value is -1.14. The van der Waals surface area contributed by atoms with Crippen molar-refractivity contribution in [3.63, 3.8) is 0 Å². The first-order valence-electron chi connectivity index (χ1n) is 6.10. The van der Waals surface area contributed by atoms with Crippen molar-refractivity contribution in [2.24, 2.45) is 0 Å². The molecule has 6 heteroatoms. The number of hydrogen-bond acceptors (Lipinski definition) is 4. The van der Waals surface area contributed by atoms with Gasteiger partial charge < -0.3 is 20.1 Å². The van der Waals surface area contributed by atoms with Gasteiger partial charge in [-0.3, -0.25) is 4.79 Å². The summed E-state index contributed by atoms with van der Waals surface area (Å²) in [6, 6.07) is 0. The normalized spacial score (nSPS) is 18.3. The number of carbonyl (C=O) groups is 2. The molecule has 6 nitrogen and oxygen atoms in total. The fraction of sp³-hybridized carbons (Fsp3) is 0.833. The quantitative estimate of drug-likeness (QED) is 0.705. The lowest BCUT2D eigenvalue weighted by Gasteiger charge is -2.49. The minimum Gasteiger partial charge on any atom is -0.480 e. The van der Waals surface area contributed by atoms with E-state index >= 15 is 0 Å². The Morgan fingerprint density at radius 2 is 2.00 bits per heavy atom. The zero-order valence-electron chi connectivity index (χ0n) is 11.4. The monoisotopic (exact) mass is 258 g/mol. The number of nitrogens with one attached hydrogen (secondary N) is 1. The molecule has 1 aliphatic heterocycles. The maximum Gasteiger partial charge on any atom is 0.329 e. The lowest BCUT2D eigenvalue weighted by atomic mass is 9.92. The van der Waals surface area contributed by atoms with Crippen molar-refractivity contribution in [1.82, 2.24) is 10.2 Å². The third-order valence-corrected chi connectivity index (χ3v) is 3.04. The van der Waals surface area contributed by atoms with Crippen LogP contribution >= 0.6 is 0 Å². The highest BCUT2D eigenvalue weighted by Gasteiger charge is 2.46. The van der Waals surface area contributed by atoms with E-state index in [1.165, 1.54) is 0 Å². The van der Waals surface area contributed by atoms with E-state index in [-0.39, 0.29) is 12.5 Å². The number of rotatable bonds is 6. The molecular weight excluding hydrogens is 236 g/mol. The summed E-state index contributed by atoms with van der Waals surface area (Å²) in [6.07, 6.45) is 0. The van der Waals surface area contributed by atoms with Crippen LogP contribution in [0.25, 0.3) is 0 Å². The molecule has 0 aromatic heterocycles. The van der Waals surface area contributed by atoms with Gasteiger partial charge in [0.1, 0.15) is 12.2 Å². The van der Waals surface area contributed by atoms with Gasteiger partial charge in [-0.15, -0.1) is 0 Å². The fourth-order valence-electron chi connectivity index (χ4n) is 2.14. The number of carboxylic acid groups (broad SMARTS) is 1. The van der Waals surface area contributed by atoms with Crippen molar-refractivity contribution in [1.29, 1.82) is 0 Å². The molecule has 1 rings (SSSR count). The maximum absolute atomic E-state index is 12.2. The number of likely N-dealkylation sites (tertiary alicyclic amines) is 1. The molecule has 0 saturated carbocycles. The van der Waals surface area contributed by atoms with Crippen molar-refractivity contribution < 1.29 is 19.4 Å². The molecule has 0 aliphatic carbocycles. The molecule has 0 atom stereocenters. The summed E-state index contributed by atoms with van der Waals surface area (Å²) in [4.78, 5) is 24.3. The van der Waals surface area contributed by atoms with Crippen LogP contribution in [-0.2, 0) is 14.3 Å². The molecule has 104 valence electrons. The Morgan fingerprint density at radius 3 is 2.44 bits per heavy atom. The molecule has 1 saturated heterocycles. The molecule has 1 fully saturated rings. The van der Waals surface area contributed by atoms with Crippen molar-refractivity contribution in [3.05, 3.63) is 0 Å². The molecule has 2 N–H and O–H groups in total. The molecular formula is C12H22N2O4. The van der Waals surface area contributed by atoms with E-state index in [4.69, 9.17) is 9.84 Å².